The number of thiophene rings is 1. The number of rotatable bonds is 4. The van der Waals surface area contributed by atoms with Gasteiger partial charge < -0.3 is 4.57 Å². The number of para-hydroxylation sites is 1. The van der Waals surface area contributed by atoms with E-state index in [2.05, 4.69) is 38.4 Å². The van der Waals surface area contributed by atoms with Crippen molar-refractivity contribution in [2.24, 2.45) is 12.1 Å². The molecule has 0 fully saturated rings. The second-order valence-electron chi connectivity index (χ2n) is 6.62. The molecule has 0 radical (unpaired) electrons. The molecule has 0 amide bonds. The molecule has 0 spiro atoms. The summed E-state index contributed by atoms with van der Waals surface area (Å²) >= 11 is 1.62. The summed E-state index contributed by atoms with van der Waals surface area (Å²) in [6.07, 6.45) is 3.70. The Labute approximate surface area is 170 Å². The molecule has 5 rings (SSSR count). The van der Waals surface area contributed by atoms with Crippen molar-refractivity contribution in [3.8, 4) is 11.3 Å². The molecule has 2 aromatic carbocycles. The number of nitrogens with zero attached hydrogens (tertiary/aromatic N) is 4. The van der Waals surface area contributed by atoms with Gasteiger partial charge in [0.2, 0.25) is 5.95 Å². The summed E-state index contributed by atoms with van der Waals surface area (Å²) in [5.74, 6) is 0.137. The van der Waals surface area contributed by atoms with Crippen LogP contribution in [0.4, 0.5) is 10.3 Å². The third-order valence-corrected chi connectivity index (χ3v) is 5.61. The first-order chi connectivity index (χ1) is 14.2. The summed E-state index contributed by atoms with van der Waals surface area (Å²) in [6, 6.07) is 16.3. The third kappa shape index (κ3) is 3.25. The maximum Gasteiger partial charge on any atom is 0.244 e. The fraction of sp³-hybridized carbons (Fsp3) is 0.0455. The monoisotopic (exact) mass is 401 g/mol. The lowest BCUT2D eigenvalue weighted by molar-refractivity contribution is 0.628. The number of nitrogens with one attached hydrogen (secondary N) is 1. The van der Waals surface area contributed by atoms with Crippen LogP contribution in [-0.2, 0) is 7.05 Å². The number of aryl methyl sites for hydroxylation is 1. The average molecular weight is 401 g/mol. The van der Waals surface area contributed by atoms with Gasteiger partial charge in [-0.3, -0.25) is 0 Å². The van der Waals surface area contributed by atoms with Crippen LogP contribution >= 0.6 is 11.3 Å². The van der Waals surface area contributed by atoms with Crippen LogP contribution in [0.25, 0.3) is 32.4 Å². The third-order valence-electron chi connectivity index (χ3n) is 4.70. The van der Waals surface area contributed by atoms with Crippen LogP contribution in [0.1, 0.15) is 5.56 Å². The summed E-state index contributed by atoms with van der Waals surface area (Å²) in [6.45, 7) is 0. The Morgan fingerprint density at radius 2 is 1.90 bits per heavy atom. The first-order valence-corrected chi connectivity index (χ1v) is 9.91. The molecule has 5 aromatic rings. The van der Waals surface area contributed by atoms with Gasteiger partial charge in [-0.2, -0.15) is 5.10 Å². The van der Waals surface area contributed by atoms with Crippen LogP contribution in [0.3, 0.4) is 0 Å². The first-order valence-electron chi connectivity index (χ1n) is 9.03. The van der Waals surface area contributed by atoms with E-state index in [4.69, 9.17) is 4.98 Å². The second kappa shape index (κ2) is 7.10. The molecule has 0 bridgehead atoms. The van der Waals surface area contributed by atoms with Crippen molar-refractivity contribution in [2.45, 2.75) is 0 Å². The molecule has 1 N–H and O–H groups in total. The molecule has 0 aliphatic carbocycles. The first kappa shape index (κ1) is 17.5. The Morgan fingerprint density at radius 1 is 1.07 bits per heavy atom. The fourth-order valence-electron chi connectivity index (χ4n) is 3.34. The van der Waals surface area contributed by atoms with Gasteiger partial charge >= 0.3 is 0 Å². The molecule has 0 aliphatic heterocycles. The van der Waals surface area contributed by atoms with Crippen molar-refractivity contribution in [1.82, 2.24) is 14.5 Å². The summed E-state index contributed by atoms with van der Waals surface area (Å²) in [5.41, 5.74) is 7.64. The van der Waals surface area contributed by atoms with Gasteiger partial charge in [-0.15, -0.1) is 11.3 Å². The highest BCUT2D eigenvalue weighted by atomic mass is 32.1. The summed E-state index contributed by atoms with van der Waals surface area (Å²) in [5, 5.41) is 7.37. The predicted molar refractivity (Wildman–Crippen MR) is 117 cm³/mol. The zero-order valence-corrected chi connectivity index (χ0v) is 16.3. The van der Waals surface area contributed by atoms with E-state index in [1.807, 2.05) is 30.6 Å². The van der Waals surface area contributed by atoms with E-state index in [0.29, 0.717) is 5.95 Å². The van der Waals surface area contributed by atoms with Gasteiger partial charge in [0.15, 0.2) is 0 Å². The summed E-state index contributed by atoms with van der Waals surface area (Å²) in [7, 11) is 2.03. The number of fused-ring (bicyclic) bond motifs is 2. The van der Waals surface area contributed by atoms with E-state index in [1.54, 1.807) is 29.7 Å². The Morgan fingerprint density at radius 3 is 2.76 bits per heavy atom. The molecule has 29 heavy (non-hydrogen) atoms. The summed E-state index contributed by atoms with van der Waals surface area (Å²) < 4.78 is 16.2. The number of anilines is 1. The van der Waals surface area contributed by atoms with Crippen molar-refractivity contribution >= 4 is 44.6 Å². The minimum absolute atomic E-state index is 0.277. The molecule has 7 heteroatoms. The van der Waals surface area contributed by atoms with Crippen LogP contribution in [0.2, 0.25) is 0 Å². The van der Waals surface area contributed by atoms with E-state index in [0.717, 1.165) is 37.9 Å². The Bertz CT molecular complexity index is 1350. The van der Waals surface area contributed by atoms with Gasteiger partial charge in [0.25, 0.3) is 0 Å². The minimum Gasteiger partial charge on any atom is -0.350 e. The standard InChI is InChI=1S/C22H16FN5S/c1-28-13-17(16-4-2-3-5-19(16)28)20-21-18(10-11-29-21)25-22(26-20)27-24-12-14-6-8-15(23)9-7-14/h2-13H,1H3,(H,25,26,27)/b24-12+. The number of aromatic nitrogens is 3. The maximum absolute atomic E-state index is 13.0. The second-order valence-corrected chi connectivity index (χ2v) is 7.54. The van der Waals surface area contributed by atoms with E-state index >= 15 is 0 Å². The molecule has 0 unspecified atom stereocenters. The highest BCUT2D eigenvalue weighted by Gasteiger charge is 2.15. The predicted octanol–water partition coefficient (Wildman–Crippen LogP) is 5.44. The maximum atomic E-state index is 13.0. The molecular formula is C22H16FN5S. The average Bonchev–Trinajstić information content (AvgIpc) is 3.34. The van der Waals surface area contributed by atoms with E-state index in [-0.39, 0.29) is 5.82 Å². The van der Waals surface area contributed by atoms with Crippen LogP contribution in [0.15, 0.2) is 71.3 Å². The molecule has 0 aliphatic rings. The molecule has 3 heterocycles. The number of halogens is 1. The fourth-order valence-corrected chi connectivity index (χ4v) is 4.17. The van der Waals surface area contributed by atoms with Gasteiger partial charge in [0, 0.05) is 29.7 Å². The number of hydrogen-bond acceptors (Lipinski definition) is 5. The lowest BCUT2D eigenvalue weighted by Crippen LogP contribution is -1.98. The van der Waals surface area contributed by atoms with Gasteiger partial charge in [-0.1, -0.05) is 30.3 Å². The van der Waals surface area contributed by atoms with E-state index < -0.39 is 0 Å². The van der Waals surface area contributed by atoms with Gasteiger partial charge in [-0.05, 0) is 35.2 Å². The molecule has 5 nitrogen and oxygen atoms in total. The van der Waals surface area contributed by atoms with Gasteiger partial charge in [-0.25, -0.2) is 19.8 Å². The Hall–Kier alpha value is -3.58. The molecule has 0 atom stereocenters. The molecule has 0 saturated carbocycles. The summed E-state index contributed by atoms with van der Waals surface area (Å²) in [4.78, 5) is 9.31. The number of hydrogen-bond donors (Lipinski definition) is 1. The highest BCUT2D eigenvalue weighted by molar-refractivity contribution is 7.17. The van der Waals surface area contributed by atoms with Crippen molar-refractivity contribution in [1.29, 1.82) is 0 Å². The van der Waals surface area contributed by atoms with Gasteiger partial charge in [0.1, 0.15) is 5.82 Å². The molecule has 3 aromatic heterocycles. The molecule has 142 valence electrons. The van der Waals surface area contributed by atoms with Crippen molar-refractivity contribution in [3.05, 3.63) is 77.6 Å². The van der Waals surface area contributed by atoms with E-state index in [1.165, 1.54) is 12.1 Å². The van der Waals surface area contributed by atoms with Crippen LogP contribution in [-0.4, -0.2) is 20.7 Å². The van der Waals surface area contributed by atoms with Crippen LogP contribution in [0.5, 0.6) is 0 Å². The zero-order chi connectivity index (χ0) is 19.8. The van der Waals surface area contributed by atoms with Crippen molar-refractivity contribution in [2.75, 3.05) is 5.43 Å². The quantitative estimate of drug-likeness (QED) is 0.322. The normalized spacial score (nSPS) is 11.7. The smallest absolute Gasteiger partial charge is 0.244 e. The molecule has 0 saturated heterocycles. The van der Waals surface area contributed by atoms with Crippen molar-refractivity contribution < 1.29 is 4.39 Å². The lowest BCUT2D eigenvalue weighted by Gasteiger charge is -2.05. The largest absolute Gasteiger partial charge is 0.350 e. The topological polar surface area (TPSA) is 55.1 Å². The zero-order valence-electron chi connectivity index (χ0n) is 15.5. The van der Waals surface area contributed by atoms with Gasteiger partial charge in [0.05, 0.1) is 22.1 Å². The number of benzene rings is 2. The van der Waals surface area contributed by atoms with Crippen molar-refractivity contribution in [3.63, 3.8) is 0 Å². The van der Waals surface area contributed by atoms with Crippen LogP contribution < -0.4 is 5.43 Å². The molecular weight excluding hydrogens is 385 g/mol. The Kier molecular flexibility index (Phi) is 4.29. The minimum atomic E-state index is -0.277. The Balaban J connectivity index is 1.56. The van der Waals surface area contributed by atoms with Crippen LogP contribution in [0, 0.1) is 5.82 Å². The lowest BCUT2D eigenvalue weighted by atomic mass is 10.1. The highest BCUT2D eigenvalue weighted by Crippen LogP contribution is 2.36. The SMILES string of the molecule is Cn1cc(-c2nc(N/N=C/c3ccc(F)cc3)nc3ccsc23)c2ccccc21. The van der Waals surface area contributed by atoms with E-state index in [9.17, 15) is 4.39 Å². The number of hydrazone groups is 1.